The molecule has 0 rings (SSSR count). The van der Waals surface area contributed by atoms with Crippen molar-refractivity contribution < 1.29 is 4.79 Å². The van der Waals surface area contributed by atoms with Gasteiger partial charge in [-0.25, -0.2) is 0 Å². The number of rotatable bonds is 3. The van der Waals surface area contributed by atoms with Crippen LogP contribution in [0.4, 0.5) is 0 Å². The van der Waals surface area contributed by atoms with Crippen molar-refractivity contribution in [3.63, 3.8) is 0 Å². The lowest BCUT2D eigenvalue weighted by Gasteiger charge is -2.15. The molecule has 10 heavy (non-hydrogen) atoms. The van der Waals surface area contributed by atoms with Crippen LogP contribution in [0.1, 0.15) is 20.3 Å². The van der Waals surface area contributed by atoms with E-state index >= 15 is 0 Å². The summed E-state index contributed by atoms with van der Waals surface area (Å²) in [5, 5.41) is 8.52. The van der Waals surface area contributed by atoms with Crippen molar-refractivity contribution in [2.24, 2.45) is 11.1 Å². The molecule has 0 aromatic carbocycles. The number of aldehydes is 1. The minimum absolute atomic E-state index is 0.424. The molecule has 56 valence electrons. The molecule has 0 fully saturated rings. The van der Waals surface area contributed by atoms with E-state index in [2.05, 4.69) is 6.07 Å². The molecule has 0 bridgehead atoms. The molecule has 2 N–H and O–H groups in total. The molecule has 0 aliphatic rings. The van der Waals surface area contributed by atoms with Crippen LogP contribution in [-0.4, -0.2) is 12.3 Å². The van der Waals surface area contributed by atoms with E-state index in [0.29, 0.717) is 12.7 Å². The Morgan fingerprint density at radius 1 is 1.80 bits per heavy atom. The number of carbonyl (C=O) groups excluding carboxylic acids is 1. The molecule has 0 aliphatic carbocycles. The zero-order valence-electron chi connectivity index (χ0n) is 6.29. The molecule has 1 atom stereocenters. The second kappa shape index (κ2) is 3.33. The van der Waals surface area contributed by atoms with Gasteiger partial charge in [-0.1, -0.05) is 0 Å². The number of nitrogens with zero attached hydrogens (tertiary/aromatic N) is 1. The lowest BCUT2D eigenvalue weighted by Crippen LogP contribution is -2.28. The molecule has 0 saturated carbocycles. The third kappa shape index (κ3) is 3.21. The number of hydrogen-bond acceptors (Lipinski definition) is 3. The highest BCUT2D eigenvalue weighted by Crippen LogP contribution is 2.18. The van der Waals surface area contributed by atoms with Crippen LogP contribution in [0.15, 0.2) is 0 Å². The van der Waals surface area contributed by atoms with Gasteiger partial charge >= 0.3 is 0 Å². The molecule has 0 saturated heterocycles. The summed E-state index contributed by atoms with van der Waals surface area (Å²) < 4.78 is 0. The summed E-state index contributed by atoms with van der Waals surface area (Å²) in [5.41, 5.74) is 4.83. The van der Waals surface area contributed by atoms with E-state index in [1.807, 2.05) is 0 Å². The average molecular weight is 140 g/mol. The van der Waals surface area contributed by atoms with E-state index in [9.17, 15) is 4.79 Å². The molecular formula is C7H12N2O. The van der Waals surface area contributed by atoms with E-state index in [1.165, 1.54) is 0 Å². The third-order valence-electron chi connectivity index (χ3n) is 1.22. The zero-order valence-corrected chi connectivity index (χ0v) is 6.29. The summed E-state index contributed by atoms with van der Waals surface area (Å²) in [7, 11) is 0. The second-order valence-electron chi connectivity index (χ2n) is 3.00. The Hall–Kier alpha value is -0.880. The molecule has 3 heteroatoms. The van der Waals surface area contributed by atoms with Gasteiger partial charge in [0, 0.05) is 0 Å². The molecule has 3 nitrogen and oxygen atoms in total. The fourth-order valence-corrected chi connectivity index (χ4v) is 0.683. The largest absolute Gasteiger partial charge is 0.322 e. The summed E-state index contributed by atoms with van der Waals surface area (Å²) in [6.45, 7) is 3.52. The number of carbonyl (C=O) groups is 1. The quantitative estimate of drug-likeness (QED) is 0.579. The van der Waals surface area contributed by atoms with Crippen molar-refractivity contribution in [2.75, 3.05) is 0 Å². The summed E-state index contributed by atoms with van der Waals surface area (Å²) in [6.07, 6.45) is 1.09. The van der Waals surface area contributed by atoms with Crippen LogP contribution in [0.5, 0.6) is 0 Å². The lowest BCUT2D eigenvalue weighted by molar-refractivity contribution is -0.109. The third-order valence-corrected chi connectivity index (χ3v) is 1.22. The van der Waals surface area contributed by atoms with Crippen LogP contribution in [-0.2, 0) is 4.79 Å². The smallest absolute Gasteiger partial charge is 0.136 e. The minimum Gasteiger partial charge on any atom is -0.322 e. The van der Waals surface area contributed by atoms with Crippen molar-refractivity contribution in [3.05, 3.63) is 0 Å². The Bertz CT molecular complexity index is 157. The first-order chi connectivity index (χ1) is 4.52. The van der Waals surface area contributed by atoms with Crippen molar-refractivity contribution in [1.29, 1.82) is 5.26 Å². The van der Waals surface area contributed by atoms with Gasteiger partial charge in [0.1, 0.15) is 6.29 Å². The molecule has 0 heterocycles. The van der Waals surface area contributed by atoms with E-state index in [-0.39, 0.29) is 0 Å². The number of hydrogen-bond donors (Lipinski definition) is 1. The lowest BCUT2D eigenvalue weighted by atomic mass is 9.88. The predicted molar refractivity (Wildman–Crippen MR) is 38.1 cm³/mol. The molecule has 0 aromatic heterocycles. The van der Waals surface area contributed by atoms with E-state index in [4.69, 9.17) is 11.0 Å². The highest BCUT2D eigenvalue weighted by atomic mass is 16.1. The Balaban J connectivity index is 3.91. The Morgan fingerprint density at radius 3 is 2.60 bits per heavy atom. The van der Waals surface area contributed by atoms with Crippen LogP contribution >= 0.6 is 0 Å². The molecule has 0 aliphatic heterocycles. The molecule has 0 spiro atoms. The van der Waals surface area contributed by atoms with Crippen LogP contribution in [0.2, 0.25) is 0 Å². The van der Waals surface area contributed by atoms with Gasteiger partial charge in [0.05, 0.1) is 17.5 Å². The maximum Gasteiger partial charge on any atom is 0.136 e. The average Bonchev–Trinajstić information content (AvgIpc) is 1.87. The van der Waals surface area contributed by atoms with Crippen LogP contribution in [0, 0.1) is 16.7 Å². The second-order valence-corrected chi connectivity index (χ2v) is 3.00. The molecule has 0 radical (unpaired) electrons. The van der Waals surface area contributed by atoms with Crippen LogP contribution in [0.3, 0.4) is 0 Å². The fourth-order valence-electron chi connectivity index (χ4n) is 0.683. The van der Waals surface area contributed by atoms with Crippen LogP contribution in [0.25, 0.3) is 0 Å². The molecule has 0 aromatic rings. The van der Waals surface area contributed by atoms with E-state index < -0.39 is 11.5 Å². The predicted octanol–water partition coefficient (Wildman–Crippen LogP) is 0.452. The first-order valence-electron chi connectivity index (χ1n) is 3.14. The van der Waals surface area contributed by atoms with Crippen molar-refractivity contribution >= 4 is 6.29 Å². The van der Waals surface area contributed by atoms with Gasteiger partial charge in [-0.15, -0.1) is 0 Å². The fraction of sp³-hybridized carbons (Fsp3) is 0.714. The molecule has 0 amide bonds. The Labute approximate surface area is 60.8 Å². The van der Waals surface area contributed by atoms with Gasteiger partial charge in [0.25, 0.3) is 0 Å². The van der Waals surface area contributed by atoms with Crippen molar-refractivity contribution in [2.45, 2.75) is 26.3 Å². The molecule has 0 unspecified atom stereocenters. The number of nitriles is 1. The Kier molecular flexibility index (Phi) is 3.04. The Morgan fingerprint density at radius 2 is 2.30 bits per heavy atom. The standard InChI is InChI=1S/C7H12N2O/c1-7(2,5-8)3-6(9)4-10/h4,6H,3,9H2,1-2H3/t6-/m0/s1. The van der Waals surface area contributed by atoms with E-state index in [0.717, 1.165) is 0 Å². The summed E-state index contributed by atoms with van der Waals surface area (Å²) >= 11 is 0. The van der Waals surface area contributed by atoms with Gasteiger partial charge in [-0.3, -0.25) is 0 Å². The first kappa shape index (κ1) is 9.12. The molecular weight excluding hydrogens is 128 g/mol. The highest BCUT2D eigenvalue weighted by Gasteiger charge is 2.19. The van der Waals surface area contributed by atoms with Crippen molar-refractivity contribution in [1.82, 2.24) is 0 Å². The first-order valence-corrected chi connectivity index (χ1v) is 3.14. The van der Waals surface area contributed by atoms with Gasteiger partial charge in [0.2, 0.25) is 0 Å². The SMILES string of the molecule is CC(C)(C#N)C[C@H](N)C=O. The van der Waals surface area contributed by atoms with Crippen LogP contribution < -0.4 is 5.73 Å². The highest BCUT2D eigenvalue weighted by molar-refractivity contribution is 5.57. The topological polar surface area (TPSA) is 66.9 Å². The summed E-state index contributed by atoms with van der Waals surface area (Å²) in [5.74, 6) is 0. The number of nitrogens with two attached hydrogens (primary N) is 1. The maximum atomic E-state index is 10.1. The van der Waals surface area contributed by atoms with Gasteiger partial charge in [-0.05, 0) is 20.3 Å². The summed E-state index contributed by atoms with van der Waals surface area (Å²) in [4.78, 5) is 10.1. The summed E-state index contributed by atoms with van der Waals surface area (Å²) in [6, 6.07) is 1.56. The maximum absolute atomic E-state index is 10.1. The van der Waals surface area contributed by atoms with Gasteiger partial charge in [-0.2, -0.15) is 5.26 Å². The monoisotopic (exact) mass is 140 g/mol. The van der Waals surface area contributed by atoms with Gasteiger partial charge in [0.15, 0.2) is 0 Å². The minimum atomic E-state index is -0.505. The van der Waals surface area contributed by atoms with Crippen molar-refractivity contribution in [3.8, 4) is 6.07 Å². The zero-order chi connectivity index (χ0) is 8.20. The van der Waals surface area contributed by atoms with E-state index in [1.54, 1.807) is 13.8 Å². The van der Waals surface area contributed by atoms with Gasteiger partial charge < -0.3 is 10.5 Å². The normalized spacial score (nSPS) is 13.8.